The zero-order valence-electron chi connectivity index (χ0n) is 9.99. The van der Waals surface area contributed by atoms with Crippen molar-refractivity contribution in [3.05, 3.63) is 0 Å². The third kappa shape index (κ3) is 2.55. The van der Waals surface area contributed by atoms with Crippen LogP contribution in [0.15, 0.2) is 4.90 Å². The molecule has 0 aromatic carbocycles. The van der Waals surface area contributed by atoms with Crippen LogP contribution < -0.4 is 11.1 Å². The highest BCUT2D eigenvalue weighted by atomic mass is 32.2. The van der Waals surface area contributed by atoms with Gasteiger partial charge < -0.3 is 11.1 Å². The van der Waals surface area contributed by atoms with Crippen molar-refractivity contribution in [3.63, 3.8) is 0 Å². The highest BCUT2D eigenvalue weighted by molar-refractivity contribution is 7.91. The van der Waals surface area contributed by atoms with Crippen molar-refractivity contribution in [2.75, 3.05) is 23.9 Å². The van der Waals surface area contributed by atoms with Gasteiger partial charge in [0.25, 0.3) is 0 Å². The van der Waals surface area contributed by atoms with E-state index in [1.54, 1.807) is 0 Å². The van der Waals surface area contributed by atoms with E-state index in [4.69, 9.17) is 5.73 Å². The molecule has 1 aromatic rings. The van der Waals surface area contributed by atoms with Gasteiger partial charge in [0.2, 0.25) is 0 Å². The van der Waals surface area contributed by atoms with E-state index >= 15 is 0 Å². The third-order valence-corrected chi connectivity index (χ3v) is 5.38. The molecule has 1 saturated carbocycles. The second-order valence-electron chi connectivity index (χ2n) is 5.02. The average Bonchev–Trinajstić information content (AvgIpc) is 2.53. The maximum atomic E-state index is 11.6. The molecular formula is C10H17N3O2S2. The van der Waals surface area contributed by atoms with Crippen molar-refractivity contribution in [3.8, 4) is 0 Å². The fourth-order valence-corrected chi connectivity index (χ4v) is 4.08. The quantitative estimate of drug-likeness (QED) is 0.874. The van der Waals surface area contributed by atoms with E-state index in [2.05, 4.69) is 16.6 Å². The van der Waals surface area contributed by atoms with Crippen LogP contribution in [0.2, 0.25) is 0 Å². The summed E-state index contributed by atoms with van der Waals surface area (Å²) in [4.78, 5) is 0.144. The summed E-state index contributed by atoms with van der Waals surface area (Å²) in [6.07, 6.45) is 4.77. The van der Waals surface area contributed by atoms with Crippen molar-refractivity contribution in [2.45, 2.75) is 31.1 Å². The normalized spacial score (nSPS) is 18.7. The van der Waals surface area contributed by atoms with E-state index in [-0.39, 0.29) is 16.1 Å². The summed E-state index contributed by atoms with van der Waals surface area (Å²) in [6.45, 7) is 2.98. The van der Waals surface area contributed by atoms with Gasteiger partial charge in [0.15, 0.2) is 15.7 Å². The van der Waals surface area contributed by atoms with Gasteiger partial charge in [0.05, 0.1) is 0 Å². The number of nitrogens with zero attached hydrogens (tertiary/aromatic N) is 1. The molecule has 0 spiro atoms. The Hall–Kier alpha value is -0.820. The Morgan fingerprint density at radius 1 is 1.53 bits per heavy atom. The van der Waals surface area contributed by atoms with Crippen LogP contribution in [0, 0.1) is 5.41 Å². The van der Waals surface area contributed by atoms with Crippen molar-refractivity contribution >= 4 is 32.2 Å². The van der Waals surface area contributed by atoms with Gasteiger partial charge in [-0.15, -0.1) is 0 Å². The molecule has 96 valence electrons. The van der Waals surface area contributed by atoms with Gasteiger partial charge in [0.1, 0.15) is 9.90 Å². The Morgan fingerprint density at radius 3 is 2.65 bits per heavy atom. The fourth-order valence-electron chi connectivity index (χ4n) is 2.02. The molecule has 3 N–H and O–H groups in total. The van der Waals surface area contributed by atoms with Crippen LogP contribution >= 0.6 is 11.5 Å². The van der Waals surface area contributed by atoms with Crippen LogP contribution in [0.25, 0.3) is 0 Å². The predicted molar refractivity (Wildman–Crippen MR) is 70.1 cm³/mol. The number of hydrogen-bond acceptors (Lipinski definition) is 6. The lowest BCUT2D eigenvalue weighted by molar-refractivity contribution is 0.180. The van der Waals surface area contributed by atoms with E-state index in [1.165, 1.54) is 19.3 Å². The number of nitrogen functional groups attached to an aromatic ring is 1. The van der Waals surface area contributed by atoms with Crippen molar-refractivity contribution < 1.29 is 8.42 Å². The monoisotopic (exact) mass is 275 g/mol. The molecule has 0 atom stereocenters. The molecule has 0 saturated heterocycles. The van der Waals surface area contributed by atoms with Crippen LogP contribution in [0.1, 0.15) is 26.2 Å². The van der Waals surface area contributed by atoms with Crippen LogP contribution in [-0.4, -0.2) is 25.6 Å². The van der Waals surface area contributed by atoms with Crippen LogP contribution in [0.4, 0.5) is 10.8 Å². The van der Waals surface area contributed by atoms with Crippen molar-refractivity contribution in [1.29, 1.82) is 0 Å². The van der Waals surface area contributed by atoms with Gasteiger partial charge in [-0.25, -0.2) is 8.42 Å². The average molecular weight is 275 g/mol. The second-order valence-corrected chi connectivity index (χ2v) is 7.74. The molecule has 0 unspecified atom stereocenters. The summed E-state index contributed by atoms with van der Waals surface area (Å²) >= 11 is 1.11. The number of aromatic nitrogens is 1. The summed E-state index contributed by atoms with van der Waals surface area (Å²) in [5, 5.41) is 3.75. The number of anilines is 2. The smallest absolute Gasteiger partial charge is 0.182 e. The molecule has 0 aliphatic heterocycles. The van der Waals surface area contributed by atoms with Crippen LogP contribution in [0.5, 0.6) is 0 Å². The van der Waals surface area contributed by atoms with Gasteiger partial charge in [-0.05, 0) is 29.8 Å². The lowest BCUT2D eigenvalue weighted by Gasteiger charge is -2.38. The zero-order chi connectivity index (χ0) is 12.7. The van der Waals surface area contributed by atoms with E-state index < -0.39 is 9.84 Å². The SMILES string of the molecule is CC1(CNc2snc(N)c2S(C)(=O)=O)CCC1. The van der Waals surface area contributed by atoms with Gasteiger partial charge in [-0.2, -0.15) is 4.37 Å². The highest BCUT2D eigenvalue weighted by Gasteiger charge is 2.32. The van der Waals surface area contributed by atoms with Crippen molar-refractivity contribution in [2.24, 2.45) is 5.41 Å². The Balaban J connectivity index is 2.16. The van der Waals surface area contributed by atoms with Gasteiger partial charge >= 0.3 is 0 Å². The van der Waals surface area contributed by atoms with Gasteiger partial charge in [0, 0.05) is 12.8 Å². The molecule has 17 heavy (non-hydrogen) atoms. The Labute approximate surface area is 105 Å². The number of nitrogens with one attached hydrogen (secondary N) is 1. The third-order valence-electron chi connectivity index (χ3n) is 3.28. The van der Waals surface area contributed by atoms with Crippen LogP contribution in [0.3, 0.4) is 0 Å². The lowest BCUT2D eigenvalue weighted by atomic mass is 9.70. The molecule has 7 heteroatoms. The number of sulfone groups is 1. The number of hydrogen-bond donors (Lipinski definition) is 2. The molecule has 0 bridgehead atoms. The van der Waals surface area contributed by atoms with E-state index in [0.29, 0.717) is 5.00 Å². The summed E-state index contributed by atoms with van der Waals surface area (Å²) in [5.74, 6) is 0.0961. The standard InChI is InChI=1S/C10H17N3O2S2/c1-10(4-3-5-10)6-12-9-7(17(2,14)15)8(11)13-16-9/h12H,3-6H2,1-2H3,(H2,11,13). The maximum absolute atomic E-state index is 11.6. The molecule has 0 radical (unpaired) electrons. The predicted octanol–water partition coefficient (Wildman–Crippen LogP) is 1.73. The number of nitrogens with two attached hydrogens (primary N) is 1. The van der Waals surface area contributed by atoms with E-state index in [1.807, 2.05) is 0 Å². The summed E-state index contributed by atoms with van der Waals surface area (Å²) in [5.41, 5.74) is 5.88. The van der Waals surface area contributed by atoms with Crippen LogP contribution in [-0.2, 0) is 9.84 Å². The zero-order valence-corrected chi connectivity index (χ0v) is 11.6. The molecule has 1 aliphatic rings. The largest absolute Gasteiger partial charge is 0.382 e. The molecule has 1 aromatic heterocycles. The minimum atomic E-state index is -3.32. The van der Waals surface area contributed by atoms with Crippen molar-refractivity contribution in [1.82, 2.24) is 4.37 Å². The second kappa shape index (κ2) is 4.13. The lowest BCUT2D eigenvalue weighted by Crippen LogP contribution is -2.33. The first-order chi connectivity index (χ1) is 7.82. The first-order valence-electron chi connectivity index (χ1n) is 5.51. The topological polar surface area (TPSA) is 85.1 Å². The molecular weight excluding hydrogens is 258 g/mol. The minimum absolute atomic E-state index is 0.0961. The Bertz CT molecular complexity index is 518. The molecule has 1 aliphatic carbocycles. The molecule has 2 rings (SSSR count). The number of rotatable bonds is 4. The highest BCUT2D eigenvalue weighted by Crippen LogP contribution is 2.41. The fraction of sp³-hybridized carbons (Fsp3) is 0.700. The van der Waals surface area contributed by atoms with E-state index in [9.17, 15) is 8.42 Å². The molecule has 1 heterocycles. The van der Waals surface area contributed by atoms with Gasteiger partial charge in [-0.1, -0.05) is 13.3 Å². The first-order valence-corrected chi connectivity index (χ1v) is 8.17. The van der Waals surface area contributed by atoms with Gasteiger partial charge in [-0.3, -0.25) is 0 Å². The summed E-state index contributed by atoms with van der Waals surface area (Å²) in [7, 11) is -3.32. The first kappa shape index (κ1) is 12.6. The van der Waals surface area contributed by atoms with E-state index in [0.717, 1.165) is 24.3 Å². The minimum Gasteiger partial charge on any atom is -0.382 e. The Morgan fingerprint density at radius 2 is 2.18 bits per heavy atom. The molecule has 0 amide bonds. The maximum Gasteiger partial charge on any atom is 0.182 e. The molecule has 5 nitrogen and oxygen atoms in total. The molecule has 1 fully saturated rings. The Kier molecular flexibility index (Phi) is 3.07. The summed E-state index contributed by atoms with van der Waals surface area (Å²) < 4.78 is 27.1. The summed E-state index contributed by atoms with van der Waals surface area (Å²) in [6, 6.07) is 0.